The molecule has 0 saturated heterocycles. The summed E-state index contributed by atoms with van der Waals surface area (Å²) in [6.07, 6.45) is 6.35. The third-order valence-electron chi connectivity index (χ3n) is 5.26. The molecule has 30 heavy (non-hydrogen) atoms. The van der Waals surface area contributed by atoms with E-state index in [1.54, 1.807) is 6.33 Å². The number of sulfonamides is 1. The van der Waals surface area contributed by atoms with Crippen LogP contribution in [0.25, 0.3) is 27.9 Å². The SMILES string of the molecule is CCCOc1ccc(C)cc1-c1ncnc2[nH]c(C3=CCN(S(C)(=O)=O)CC3)cc12. The number of fused-ring (bicyclic) bond motifs is 1. The van der Waals surface area contributed by atoms with E-state index < -0.39 is 10.0 Å². The van der Waals surface area contributed by atoms with Crippen molar-refractivity contribution in [3.8, 4) is 17.0 Å². The van der Waals surface area contributed by atoms with E-state index >= 15 is 0 Å². The van der Waals surface area contributed by atoms with Crippen molar-refractivity contribution >= 4 is 26.6 Å². The van der Waals surface area contributed by atoms with E-state index in [1.165, 1.54) is 10.6 Å². The molecule has 0 atom stereocenters. The fraction of sp³-hybridized carbons (Fsp3) is 0.364. The molecule has 7 nitrogen and oxygen atoms in total. The van der Waals surface area contributed by atoms with Crippen molar-refractivity contribution in [1.29, 1.82) is 0 Å². The first kappa shape index (κ1) is 20.6. The first-order valence-electron chi connectivity index (χ1n) is 10.1. The number of hydrogen-bond donors (Lipinski definition) is 1. The molecule has 0 unspecified atom stereocenters. The quantitative estimate of drug-likeness (QED) is 0.648. The average Bonchev–Trinajstić information content (AvgIpc) is 3.17. The van der Waals surface area contributed by atoms with Gasteiger partial charge in [-0.05, 0) is 43.5 Å². The highest BCUT2D eigenvalue weighted by atomic mass is 32.2. The molecule has 1 aromatic carbocycles. The Morgan fingerprint density at radius 3 is 2.77 bits per heavy atom. The molecular weight excluding hydrogens is 400 g/mol. The first-order valence-corrected chi connectivity index (χ1v) is 11.9. The van der Waals surface area contributed by atoms with Gasteiger partial charge in [-0.3, -0.25) is 0 Å². The maximum absolute atomic E-state index is 11.8. The molecule has 0 saturated carbocycles. The van der Waals surface area contributed by atoms with Crippen LogP contribution in [0.15, 0.2) is 36.7 Å². The summed E-state index contributed by atoms with van der Waals surface area (Å²) in [7, 11) is -3.17. The van der Waals surface area contributed by atoms with Crippen LogP contribution in [0.1, 0.15) is 31.0 Å². The summed E-state index contributed by atoms with van der Waals surface area (Å²) >= 11 is 0. The van der Waals surface area contributed by atoms with Gasteiger partial charge in [0.2, 0.25) is 10.0 Å². The van der Waals surface area contributed by atoms with Gasteiger partial charge in [0.25, 0.3) is 0 Å². The lowest BCUT2D eigenvalue weighted by Crippen LogP contribution is -2.33. The second-order valence-corrected chi connectivity index (χ2v) is 9.60. The molecule has 0 fully saturated rings. The van der Waals surface area contributed by atoms with Crippen LogP contribution < -0.4 is 4.74 Å². The molecule has 0 radical (unpaired) electrons. The summed E-state index contributed by atoms with van der Waals surface area (Å²) in [5, 5.41) is 0.922. The lowest BCUT2D eigenvalue weighted by molar-refractivity contribution is 0.318. The summed E-state index contributed by atoms with van der Waals surface area (Å²) < 4.78 is 31.0. The number of H-pyrrole nitrogens is 1. The van der Waals surface area contributed by atoms with Crippen molar-refractivity contribution in [2.75, 3.05) is 26.0 Å². The summed E-state index contributed by atoms with van der Waals surface area (Å²) in [6, 6.07) is 8.17. The Balaban J connectivity index is 1.74. The van der Waals surface area contributed by atoms with Gasteiger partial charge in [0.15, 0.2) is 0 Å². The van der Waals surface area contributed by atoms with Crippen LogP contribution in [0.3, 0.4) is 0 Å². The molecular formula is C22H26N4O3S. The third-order valence-corrected chi connectivity index (χ3v) is 6.53. The van der Waals surface area contributed by atoms with E-state index in [0.29, 0.717) is 26.1 Å². The number of aromatic nitrogens is 3. The van der Waals surface area contributed by atoms with Gasteiger partial charge >= 0.3 is 0 Å². The lowest BCUT2D eigenvalue weighted by Gasteiger charge is -2.23. The van der Waals surface area contributed by atoms with Crippen LogP contribution in [0.5, 0.6) is 5.75 Å². The molecule has 0 bridgehead atoms. The van der Waals surface area contributed by atoms with Gasteiger partial charge in [-0.1, -0.05) is 24.6 Å². The second kappa shape index (κ2) is 8.20. The van der Waals surface area contributed by atoms with Gasteiger partial charge < -0.3 is 9.72 Å². The number of ether oxygens (including phenoxy) is 1. The zero-order chi connectivity index (χ0) is 21.3. The van der Waals surface area contributed by atoms with Crippen LogP contribution in [0.2, 0.25) is 0 Å². The number of aryl methyl sites for hydroxylation is 1. The Labute approximate surface area is 176 Å². The maximum atomic E-state index is 11.8. The standard InChI is InChI=1S/C22H26N4O3S/c1-4-11-29-20-6-5-15(2)12-17(20)21-18-13-19(25-22(18)24-14-23-21)16-7-9-26(10-8-16)30(3,27)28/h5-7,12-14H,4,8-11H2,1-3H3,(H,23,24,25). The molecule has 0 spiro atoms. The van der Waals surface area contributed by atoms with Crippen molar-refractivity contribution in [1.82, 2.24) is 19.3 Å². The normalized spacial score (nSPS) is 15.4. The monoisotopic (exact) mass is 426 g/mol. The Hall–Kier alpha value is -2.71. The molecule has 0 amide bonds. The second-order valence-electron chi connectivity index (χ2n) is 7.62. The fourth-order valence-electron chi connectivity index (χ4n) is 3.69. The van der Waals surface area contributed by atoms with Crippen molar-refractivity contribution in [3.63, 3.8) is 0 Å². The first-order chi connectivity index (χ1) is 14.4. The predicted molar refractivity (Wildman–Crippen MR) is 119 cm³/mol. The molecule has 0 aliphatic carbocycles. The van der Waals surface area contributed by atoms with Gasteiger partial charge in [-0.2, -0.15) is 4.31 Å². The van der Waals surface area contributed by atoms with E-state index in [0.717, 1.165) is 51.3 Å². The largest absolute Gasteiger partial charge is 0.493 e. The number of benzene rings is 1. The minimum Gasteiger partial charge on any atom is -0.493 e. The van der Waals surface area contributed by atoms with E-state index in [-0.39, 0.29) is 0 Å². The van der Waals surface area contributed by atoms with E-state index in [4.69, 9.17) is 4.74 Å². The number of aromatic amines is 1. The zero-order valence-electron chi connectivity index (χ0n) is 17.5. The maximum Gasteiger partial charge on any atom is 0.211 e. The van der Waals surface area contributed by atoms with Crippen molar-refractivity contribution in [2.45, 2.75) is 26.7 Å². The van der Waals surface area contributed by atoms with Gasteiger partial charge in [0.05, 0.1) is 18.6 Å². The summed E-state index contributed by atoms with van der Waals surface area (Å²) in [5.41, 5.74) is 5.69. The molecule has 1 aliphatic rings. The summed E-state index contributed by atoms with van der Waals surface area (Å²) in [5.74, 6) is 0.811. The highest BCUT2D eigenvalue weighted by Gasteiger charge is 2.22. The number of hydrogen-bond acceptors (Lipinski definition) is 5. The molecule has 1 N–H and O–H groups in total. The third kappa shape index (κ3) is 4.11. The molecule has 2 aromatic heterocycles. The van der Waals surface area contributed by atoms with Gasteiger partial charge in [0.1, 0.15) is 17.7 Å². The molecule has 158 valence electrons. The number of nitrogens with one attached hydrogen (secondary N) is 1. The fourth-order valence-corrected chi connectivity index (χ4v) is 4.46. The minimum atomic E-state index is -3.17. The van der Waals surface area contributed by atoms with Crippen LogP contribution in [0, 0.1) is 6.92 Å². The highest BCUT2D eigenvalue weighted by molar-refractivity contribution is 7.88. The Bertz CT molecular complexity index is 1210. The van der Waals surface area contributed by atoms with Crippen LogP contribution in [0.4, 0.5) is 0 Å². The van der Waals surface area contributed by atoms with Crippen molar-refractivity contribution in [2.24, 2.45) is 0 Å². The molecule has 8 heteroatoms. The lowest BCUT2D eigenvalue weighted by atomic mass is 10.0. The number of rotatable bonds is 6. The van der Waals surface area contributed by atoms with Crippen LogP contribution in [-0.4, -0.2) is 53.6 Å². The van der Waals surface area contributed by atoms with Crippen LogP contribution in [-0.2, 0) is 10.0 Å². The molecule has 4 rings (SSSR count). The van der Waals surface area contributed by atoms with Crippen molar-refractivity contribution < 1.29 is 13.2 Å². The Kier molecular flexibility index (Phi) is 5.62. The Morgan fingerprint density at radius 2 is 2.07 bits per heavy atom. The van der Waals surface area contributed by atoms with Gasteiger partial charge in [-0.25, -0.2) is 18.4 Å². The number of nitrogens with zero attached hydrogens (tertiary/aromatic N) is 3. The van der Waals surface area contributed by atoms with Crippen LogP contribution >= 0.6 is 0 Å². The minimum absolute atomic E-state index is 0.384. The molecule has 3 heterocycles. The molecule has 3 aromatic rings. The summed E-state index contributed by atoms with van der Waals surface area (Å²) in [6.45, 7) is 5.64. The van der Waals surface area contributed by atoms with E-state index in [2.05, 4.69) is 40.9 Å². The molecule has 1 aliphatic heterocycles. The smallest absolute Gasteiger partial charge is 0.211 e. The van der Waals surface area contributed by atoms with E-state index in [1.807, 2.05) is 18.2 Å². The summed E-state index contributed by atoms with van der Waals surface area (Å²) in [4.78, 5) is 12.4. The topological polar surface area (TPSA) is 88.2 Å². The Morgan fingerprint density at radius 1 is 1.23 bits per heavy atom. The van der Waals surface area contributed by atoms with Crippen molar-refractivity contribution in [3.05, 3.63) is 47.9 Å². The van der Waals surface area contributed by atoms with E-state index in [9.17, 15) is 8.42 Å². The predicted octanol–water partition coefficient (Wildman–Crippen LogP) is 3.77. The highest BCUT2D eigenvalue weighted by Crippen LogP contribution is 2.35. The zero-order valence-corrected chi connectivity index (χ0v) is 18.3. The van der Waals surface area contributed by atoms with Gasteiger partial charge in [0, 0.05) is 29.7 Å². The average molecular weight is 427 g/mol. The van der Waals surface area contributed by atoms with Gasteiger partial charge in [-0.15, -0.1) is 0 Å².